The van der Waals surface area contributed by atoms with Crippen molar-refractivity contribution in [3.63, 3.8) is 0 Å². The summed E-state index contributed by atoms with van der Waals surface area (Å²) in [5, 5.41) is 10.9. The van der Waals surface area contributed by atoms with Gasteiger partial charge in [-0.3, -0.25) is 0 Å². The van der Waals surface area contributed by atoms with E-state index in [0.29, 0.717) is 13.0 Å². The highest BCUT2D eigenvalue weighted by molar-refractivity contribution is 7.10. The standard InChI is InChI=1S/C12H18N2O2S/c1-9-4-7-17-11(9)10-8-14(5-3-6-15)12(16)13(10)2/h4,7,10,15H,3,5-6,8H2,1-2H3. The van der Waals surface area contributed by atoms with E-state index in [4.69, 9.17) is 5.11 Å². The summed E-state index contributed by atoms with van der Waals surface area (Å²) in [7, 11) is 1.85. The van der Waals surface area contributed by atoms with E-state index in [-0.39, 0.29) is 18.7 Å². The van der Waals surface area contributed by atoms with Gasteiger partial charge in [-0.25, -0.2) is 4.79 Å². The van der Waals surface area contributed by atoms with Crippen molar-refractivity contribution < 1.29 is 9.90 Å². The van der Waals surface area contributed by atoms with E-state index in [1.165, 1.54) is 10.4 Å². The molecule has 0 saturated carbocycles. The Morgan fingerprint density at radius 2 is 2.35 bits per heavy atom. The first kappa shape index (κ1) is 12.4. The van der Waals surface area contributed by atoms with Crippen molar-refractivity contribution >= 4 is 17.4 Å². The number of hydrogen-bond donors (Lipinski definition) is 1. The fraction of sp³-hybridized carbons (Fsp3) is 0.583. The second-order valence-corrected chi connectivity index (χ2v) is 5.35. The van der Waals surface area contributed by atoms with Gasteiger partial charge in [-0.15, -0.1) is 11.3 Å². The molecule has 1 fully saturated rings. The lowest BCUT2D eigenvalue weighted by Gasteiger charge is -2.17. The Morgan fingerprint density at radius 3 is 2.94 bits per heavy atom. The van der Waals surface area contributed by atoms with E-state index >= 15 is 0 Å². The molecular weight excluding hydrogens is 236 g/mol. The molecule has 1 N–H and O–H groups in total. The Kier molecular flexibility index (Phi) is 3.69. The van der Waals surface area contributed by atoms with E-state index in [1.807, 2.05) is 11.9 Å². The number of thiophene rings is 1. The first-order valence-electron chi connectivity index (χ1n) is 5.81. The van der Waals surface area contributed by atoms with Crippen molar-refractivity contribution in [3.8, 4) is 0 Å². The molecule has 2 heterocycles. The molecule has 5 heteroatoms. The molecule has 0 bridgehead atoms. The van der Waals surface area contributed by atoms with Gasteiger partial charge in [0, 0.05) is 31.6 Å². The molecule has 0 aliphatic carbocycles. The number of aliphatic hydroxyl groups excluding tert-OH is 1. The van der Waals surface area contributed by atoms with Gasteiger partial charge in [-0.05, 0) is 30.4 Å². The van der Waals surface area contributed by atoms with Crippen molar-refractivity contribution in [2.45, 2.75) is 19.4 Å². The number of amides is 2. The van der Waals surface area contributed by atoms with Crippen LogP contribution >= 0.6 is 11.3 Å². The number of carbonyl (C=O) groups is 1. The average molecular weight is 254 g/mol. The maximum absolute atomic E-state index is 12.0. The summed E-state index contributed by atoms with van der Waals surface area (Å²) in [5.74, 6) is 0. The van der Waals surface area contributed by atoms with Gasteiger partial charge in [0.25, 0.3) is 0 Å². The van der Waals surface area contributed by atoms with Crippen LogP contribution in [0.5, 0.6) is 0 Å². The van der Waals surface area contributed by atoms with Gasteiger partial charge < -0.3 is 14.9 Å². The molecule has 1 atom stereocenters. The zero-order valence-electron chi connectivity index (χ0n) is 10.2. The fourth-order valence-electron chi connectivity index (χ4n) is 2.20. The van der Waals surface area contributed by atoms with Gasteiger partial charge in [0.2, 0.25) is 0 Å². The summed E-state index contributed by atoms with van der Waals surface area (Å²) in [6, 6.07) is 2.33. The normalized spacial score (nSPS) is 20.4. The molecule has 17 heavy (non-hydrogen) atoms. The van der Waals surface area contributed by atoms with Crippen molar-refractivity contribution in [2.24, 2.45) is 0 Å². The van der Waals surface area contributed by atoms with E-state index in [9.17, 15) is 4.79 Å². The Morgan fingerprint density at radius 1 is 1.59 bits per heavy atom. The third-order valence-electron chi connectivity index (χ3n) is 3.22. The lowest BCUT2D eigenvalue weighted by atomic mass is 10.1. The van der Waals surface area contributed by atoms with E-state index < -0.39 is 0 Å². The molecule has 94 valence electrons. The van der Waals surface area contributed by atoms with Crippen LogP contribution in [0.3, 0.4) is 0 Å². The monoisotopic (exact) mass is 254 g/mol. The number of rotatable bonds is 4. The number of carbonyl (C=O) groups excluding carboxylic acids is 1. The Labute approximate surface area is 105 Å². The molecular formula is C12H18N2O2S. The number of nitrogens with zero attached hydrogens (tertiary/aromatic N) is 2. The van der Waals surface area contributed by atoms with E-state index in [2.05, 4.69) is 18.4 Å². The largest absolute Gasteiger partial charge is 0.396 e. The minimum Gasteiger partial charge on any atom is -0.396 e. The summed E-state index contributed by atoms with van der Waals surface area (Å²) in [6.07, 6.45) is 0.649. The minimum absolute atomic E-state index is 0.0660. The second kappa shape index (κ2) is 5.06. The Hall–Kier alpha value is -1.07. The molecule has 2 amide bonds. The summed E-state index contributed by atoms with van der Waals surface area (Å²) >= 11 is 1.71. The molecule has 1 saturated heterocycles. The highest BCUT2D eigenvalue weighted by Gasteiger charge is 2.36. The van der Waals surface area contributed by atoms with Crippen LogP contribution in [0.25, 0.3) is 0 Å². The van der Waals surface area contributed by atoms with Crippen molar-refractivity contribution in [2.75, 3.05) is 26.7 Å². The van der Waals surface area contributed by atoms with Crippen LogP contribution < -0.4 is 0 Å². The van der Waals surface area contributed by atoms with Gasteiger partial charge >= 0.3 is 6.03 Å². The van der Waals surface area contributed by atoms with Crippen LogP contribution in [0.4, 0.5) is 4.79 Å². The number of aryl methyl sites for hydroxylation is 1. The SMILES string of the molecule is Cc1ccsc1C1CN(CCCO)C(=O)N1C. The number of urea groups is 1. The molecule has 2 rings (SSSR count). The molecule has 1 unspecified atom stereocenters. The van der Waals surface area contributed by atoms with Crippen molar-refractivity contribution in [1.29, 1.82) is 0 Å². The molecule has 1 aromatic heterocycles. The minimum atomic E-state index is 0.0660. The maximum Gasteiger partial charge on any atom is 0.320 e. The Bertz CT molecular complexity index is 405. The highest BCUT2D eigenvalue weighted by Crippen LogP contribution is 2.33. The van der Waals surface area contributed by atoms with Crippen LogP contribution in [0.15, 0.2) is 11.4 Å². The molecule has 0 spiro atoms. The van der Waals surface area contributed by atoms with Gasteiger partial charge in [-0.2, -0.15) is 0 Å². The summed E-state index contributed by atoms with van der Waals surface area (Å²) in [4.78, 5) is 16.9. The topological polar surface area (TPSA) is 43.8 Å². The smallest absolute Gasteiger partial charge is 0.320 e. The van der Waals surface area contributed by atoms with Crippen molar-refractivity contribution in [1.82, 2.24) is 9.80 Å². The highest BCUT2D eigenvalue weighted by atomic mass is 32.1. The number of likely N-dealkylation sites (N-methyl/N-ethyl adjacent to an activating group) is 1. The van der Waals surface area contributed by atoms with Gasteiger partial charge in [-0.1, -0.05) is 0 Å². The number of hydrogen-bond acceptors (Lipinski definition) is 3. The van der Waals surface area contributed by atoms with Gasteiger partial charge in [0.05, 0.1) is 6.04 Å². The fourth-order valence-corrected chi connectivity index (χ4v) is 3.26. The third kappa shape index (κ3) is 2.30. The quantitative estimate of drug-likeness (QED) is 0.891. The van der Waals surface area contributed by atoms with Crippen LogP contribution in [-0.4, -0.2) is 47.7 Å². The summed E-state index contributed by atoms with van der Waals surface area (Å²) in [5.41, 5.74) is 1.25. The molecule has 0 radical (unpaired) electrons. The van der Waals surface area contributed by atoms with Gasteiger partial charge in [0.15, 0.2) is 0 Å². The molecule has 1 aliphatic heterocycles. The van der Waals surface area contributed by atoms with Crippen LogP contribution in [0, 0.1) is 6.92 Å². The van der Waals surface area contributed by atoms with E-state index in [0.717, 1.165) is 6.54 Å². The lowest BCUT2D eigenvalue weighted by molar-refractivity contribution is 0.191. The molecule has 1 aliphatic rings. The van der Waals surface area contributed by atoms with Gasteiger partial charge in [0.1, 0.15) is 0 Å². The molecule has 0 aromatic carbocycles. The zero-order chi connectivity index (χ0) is 12.4. The lowest BCUT2D eigenvalue weighted by Crippen LogP contribution is -2.30. The van der Waals surface area contributed by atoms with Crippen molar-refractivity contribution in [3.05, 3.63) is 21.9 Å². The average Bonchev–Trinajstić information content (AvgIpc) is 2.84. The Balaban J connectivity index is 2.11. The zero-order valence-corrected chi connectivity index (χ0v) is 11.0. The number of aliphatic hydroxyl groups is 1. The third-order valence-corrected chi connectivity index (χ3v) is 4.34. The predicted molar refractivity (Wildman–Crippen MR) is 68.2 cm³/mol. The van der Waals surface area contributed by atoms with Crippen LogP contribution in [0.2, 0.25) is 0 Å². The predicted octanol–water partition coefficient (Wildman–Crippen LogP) is 1.85. The first-order chi connectivity index (χ1) is 8.15. The summed E-state index contributed by atoms with van der Waals surface area (Å²) < 4.78 is 0. The van der Waals surface area contributed by atoms with E-state index in [1.54, 1.807) is 16.2 Å². The second-order valence-electron chi connectivity index (χ2n) is 4.40. The van der Waals surface area contributed by atoms with Crippen LogP contribution in [-0.2, 0) is 0 Å². The first-order valence-corrected chi connectivity index (χ1v) is 6.69. The molecule has 4 nitrogen and oxygen atoms in total. The summed E-state index contributed by atoms with van der Waals surface area (Å²) in [6.45, 7) is 3.59. The van der Waals surface area contributed by atoms with Crippen LogP contribution in [0.1, 0.15) is 22.9 Å². The maximum atomic E-state index is 12.0. The molecule has 1 aromatic rings.